The van der Waals surface area contributed by atoms with E-state index in [2.05, 4.69) is 15.6 Å². The summed E-state index contributed by atoms with van der Waals surface area (Å²) in [6.45, 7) is 2.05. The lowest BCUT2D eigenvalue weighted by Gasteiger charge is -2.22. The van der Waals surface area contributed by atoms with E-state index in [9.17, 15) is 4.79 Å². The maximum Gasteiger partial charge on any atom is 0.230 e. The van der Waals surface area contributed by atoms with Gasteiger partial charge in [0.2, 0.25) is 5.91 Å². The predicted octanol–water partition coefficient (Wildman–Crippen LogP) is 2.64. The Morgan fingerprint density at radius 2 is 2.06 bits per heavy atom. The van der Waals surface area contributed by atoms with Gasteiger partial charge in [-0.15, -0.1) is 0 Å². The molecule has 0 saturated heterocycles. The molecular formula is C13H19N3O. The Hall–Kier alpha value is -1.58. The Morgan fingerprint density at radius 1 is 1.35 bits per heavy atom. The summed E-state index contributed by atoms with van der Waals surface area (Å²) >= 11 is 0. The monoisotopic (exact) mass is 233 g/mol. The van der Waals surface area contributed by atoms with Crippen molar-refractivity contribution in [3.63, 3.8) is 0 Å². The van der Waals surface area contributed by atoms with Gasteiger partial charge in [-0.1, -0.05) is 19.8 Å². The predicted molar refractivity (Wildman–Crippen MR) is 69.0 cm³/mol. The summed E-state index contributed by atoms with van der Waals surface area (Å²) < 4.78 is 0. The van der Waals surface area contributed by atoms with Crippen molar-refractivity contribution in [1.82, 2.24) is 4.98 Å². The molecule has 0 aliphatic heterocycles. The van der Waals surface area contributed by atoms with Crippen LogP contribution in [0.4, 0.5) is 11.5 Å². The van der Waals surface area contributed by atoms with E-state index in [0.29, 0.717) is 0 Å². The first kappa shape index (κ1) is 11.9. The molecular weight excluding hydrogens is 214 g/mol. The van der Waals surface area contributed by atoms with Gasteiger partial charge in [0.25, 0.3) is 0 Å². The highest BCUT2D eigenvalue weighted by atomic mass is 16.2. The second-order valence-corrected chi connectivity index (χ2v) is 4.90. The van der Waals surface area contributed by atoms with Gasteiger partial charge >= 0.3 is 0 Å². The summed E-state index contributed by atoms with van der Waals surface area (Å²) in [6, 6.07) is 3.72. The van der Waals surface area contributed by atoms with Crippen LogP contribution in [0.15, 0.2) is 18.3 Å². The van der Waals surface area contributed by atoms with E-state index in [1.165, 1.54) is 0 Å². The van der Waals surface area contributed by atoms with Crippen molar-refractivity contribution in [2.75, 3.05) is 17.7 Å². The Kier molecular flexibility index (Phi) is 3.31. The molecule has 1 saturated carbocycles. The second-order valence-electron chi connectivity index (χ2n) is 4.90. The van der Waals surface area contributed by atoms with Gasteiger partial charge in [0, 0.05) is 12.5 Å². The van der Waals surface area contributed by atoms with Gasteiger partial charge in [-0.05, 0) is 25.0 Å². The van der Waals surface area contributed by atoms with Crippen LogP contribution in [0.2, 0.25) is 0 Å². The molecule has 17 heavy (non-hydrogen) atoms. The van der Waals surface area contributed by atoms with Gasteiger partial charge < -0.3 is 10.6 Å². The third kappa shape index (κ3) is 2.57. The topological polar surface area (TPSA) is 54.0 Å². The number of carbonyl (C=O) groups excluding carboxylic acids is 1. The Labute approximate surface area is 102 Å². The summed E-state index contributed by atoms with van der Waals surface area (Å²) in [5, 5.41) is 5.89. The number of nitrogens with zero attached hydrogens (tertiary/aromatic N) is 1. The number of hydrogen-bond donors (Lipinski definition) is 2. The number of nitrogens with one attached hydrogen (secondary N) is 2. The molecule has 1 amide bonds. The minimum atomic E-state index is -0.193. The average molecular weight is 233 g/mol. The van der Waals surface area contributed by atoms with Crippen molar-refractivity contribution >= 4 is 17.4 Å². The van der Waals surface area contributed by atoms with E-state index in [4.69, 9.17) is 0 Å². The number of aromatic nitrogens is 1. The van der Waals surface area contributed by atoms with Gasteiger partial charge in [-0.3, -0.25) is 4.79 Å². The third-order valence-electron chi connectivity index (χ3n) is 3.53. The molecule has 1 aliphatic carbocycles. The average Bonchev–Trinajstić information content (AvgIpc) is 2.78. The molecule has 0 spiro atoms. The van der Waals surface area contributed by atoms with Crippen LogP contribution in [0.1, 0.15) is 32.6 Å². The lowest BCUT2D eigenvalue weighted by molar-refractivity contribution is -0.124. The first-order valence-corrected chi connectivity index (χ1v) is 6.09. The smallest absolute Gasteiger partial charge is 0.230 e. The normalized spacial score (nSPS) is 17.8. The molecule has 1 heterocycles. The summed E-state index contributed by atoms with van der Waals surface area (Å²) in [6.07, 6.45) is 5.96. The van der Waals surface area contributed by atoms with Crippen LogP contribution in [0.25, 0.3) is 0 Å². The molecule has 2 N–H and O–H groups in total. The molecule has 0 bridgehead atoms. The van der Waals surface area contributed by atoms with Gasteiger partial charge in [0.1, 0.15) is 5.82 Å². The molecule has 1 aromatic heterocycles. The van der Waals surface area contributed by atoms with Gasteiger partial charge in [0.05, 0.1) is 11.9 Å². The van der Waals surface area contributed by atoms with Crippen LogP contribution in [-0.2, 0) is 4.79 Å². The zero-order valence-corrected chi connectivity index (χ0v) is 10.4. The number of hydrogen-bond acceptors (Lipinski definition) is 3. The summed E-state index contributed by atoms with van der Waals surface area (Å²) in [4.78, 5) is 16.3. The van der Waals surface area contributed by atoms with Crippen molar-refractivity contribution in [3.8, 4) is 0 Å². The Balaban J connectivity index is 2.02. The fourth-order valence-corrected chi connectivity index (χ4v) is 2.28. The van der Waals surface area contributed by atoms with E-state index >= 15 is 0 Å². The SMILES string of the molecule is CNc1ccc(NC(=O)C2(C)CCCC2)cn1. The van der Waals surface area contributed by atoms with Gasteiger partial charge in [0.15, 0.2) is 0 Å². The molecule has 1 aliphatic rings. The van der Waals surface area contributed by atoms with Crippen LogP contribution in [-0.4, -0.2) is 17.9 Å². The van der Waals surface area contributed by atoms with Crippen molar-refractivity contribution in [1.29, 1.82) is 0 Å². The fourth-order valence-electron chi connectivity index (χ4n) is 2.28. The molecule has 1 aromatic rings. The van der Waals surface area contributed by atoms with E-state index in [-0.39, 0.29) is 11.3 Å². The lowest BCUT2D eigenvalue weighted by atomic mass is 9.88. The minimum Gasteiger partial charge on any atom is -0.373 e. The van der Waals surface area contributed by atoms with E-state index in [1.54, 1.807) is 6.20 Å². The molecule has 0 aromatic carbocycles. The molecule has 0 radical (unpaired) electrons. The van der Waals surface area contributed by atoms with Gasteiger partial charge in [-0.25, -0.2) is 4.98 Å². The van der Waals surface area contributed by atoms with E-state index in [1.807, 2.05) is 26.1 Å². The highest BCUT2D eigenvalue weighted by Gasteiger charge is 2.36. The number of anilines is 2. The molecule has 1 fully saturated rings. The van der Waals surface area contributed by atoms with Crippen LogP contribution >= 0.6 is 0 Å². The highest BCUT2D eigenvalue weighted by molar-refractivity contribution is 5.95. The Bertz CT molecular complexity index is 394. The standard InChI is InChI=1S/C13H19N3O/c1-13(7-3-4-8-13)12(17)16-10-5-6-11(14-2)15-9-10/h5-6,9H,3-4,7-8H2,1-2H3,(H,14,15)(H,16,17). The first-order valence-electron chi connectivity index (χ1n) is 6.09. The number of amides is 1. The minimum absolute atomic E-state index is 0.119. The van der Waals surface area contributed by atoms with Gasteiger partial charge in [-0.2, -0.15) is 0 Å². The maximum atomic E-state index is 12.1. The number of rotatable bonds is 3. The number of pyridine rings is 1. The van der Waals surface area contributed by atoms with Crippen LogP contribution in [0.5, 0.6) is 0 Å². The maximum absolute atomic E-state index is 12.1. The molecule has 0 atom stereocenters. The molecule has 4 heteroatoms. The van der Waals surface area contributed by atoms with Crippen LogP contribution in [0.3, 0.4) is 0 Å². The molecule has 0 unspecified atom stereocenters. The van der Waals surface area contributed by atoms with Crippen molar-refractivity contribution < 1.29 is 4.79 Å². The third-order valence-corrected chi connectivity index (χ3v) is 3.53. The zero-order chi connectivity index (χ0) is 12.3. The number of carbonyl (C=O) groups is 1. The molecule has 4 nitrogen and oxygen atoms in total. The Morgan fingerprint density at radius 3 is 2.59 bits per heavy atom. The summed E-state index contributed by atoms with van der Waals surface area (Å²) in [7, 11) is 1.82. The fraction of sp³-hybridized carbons (Fsp3) is 0.538. The van der Waals surface area contributed by atoms with Crippen molar-refractivity contribution in [2.24, 2.45) is 5.41 Å². The van der Waals surface area contributed by atoms with Crippen LogP contribution in [0, 0.1) is 5.41 Å². The highest BCUT2D eigenvalue weighted by Crippen LogP contribution is 2.38. The van der Waals surface area contributed by atoms with E-state index < -0.39 is 0 Å². The van der Waals surface area contributed by atoms with Crippen LogP contribution < -0.4 is 10.6 Å². The van der Waals surface area contributed by atoms with Crippen molar-refractivity contribution in [3.05, 3.63) is 18.3 Å². The largest absolute Gasteiger partial charge is 0.373 e. The summed E-state index contributed by atoms with van der Waals surface area (Å²) in [5.41, 5.74) is 0.573. The molecule has 92 valence electrons. The van der Waals surface area contributed by atoms with Crippen molar-refractivity contribution in [2.45, 2.75) is 32.6 Å². The zero-order valence-electron chi connectivity index (χ0n) is 10.4. The van der Waals surface area contributed by atoms with E-state index in [0.717, 1.165) is 37.2 Å². The first-order chi connectivity index (χ1) is 8.14. The lowest BCUT2D eigenvalue weighted by Crippen LogP contribution is -2.30. The second kappa shape index (κ2) is 4.73. The molecule has 2 rings (SSSR count). The quantitative estimate of drug-likeness (QED) is 0.843. The summed E-state index contributed by atoms with van der Waals surface area (Å²) in [5.74, 6) is 0.920.